The van der Waals surface area contributed by atoms with Crippen LogP contribution >= 0.6 is 22.6 Å². The number of pyridine rings is 1. The average molecular weight is 456 g/mol. The zero-order chi connectivity index (χ0) is 18.6. The van der Waals surface area contributed by atoms with Gasteiger partial charge >= 0.3 is 0 Å². The molecule has 25 heavy (non-hydrogen) atoms. The minimum absolute atomic E-state index is 0.203. The first-order valence-electron chi connectivity index (χ1n) is 7.61. The smallest absolute Gasteiger partial charge is 0.252 e. The normalized spacial score (nSPS) is 10.3. The van der Waals surface area contributed by atoms with E-state index in [2.05, 4.69) is 32.9 Å². The lowest BCUT2D eigenvalue weighted by molar-refractivity contribution is 0.0949. The van der Waals surface area contributed by atoms with Crippen LogP contribution in [0.25, 0.3) is 0 Å². The molecule has 0 aliphatic heterocycles. The van der Waals surface area contributed by atoms with Crippen molar-refractivity contribution in [2.24, 2.45) is 0 Å². The van der Waals surface area contributed by atoms with Crippen molar-refractivity contribution in [3.05, 3.63) is 44.3 Å². The Hall–Kier alpha value is -2.03. The number of amides is 1. The second kappa shape index (κ2) is 8.37. The number of hydrogen-bond donors (Lipinski definition) is 1. The fourth-order valence-electron chi connectivity index (χ4n) is 2.54. The highest BCUT2D eigenvalue weighted by Gasteiger charge is 2.16. The van der Waals surface area contributed by atoms with Crippen molar-refractivity contribution < 1.29 is 19.0 Å². The Morgan fingerprint density at radius 3 is 2.36 bits per heavy atom. The summed E-state index contributed by atoms with van der Waals surface area (Å²) in [6.07, 6.45) is 1.74. The molecule has 0 spiro atoms. The maximum Gasteiger partial charge on any atom is 0.252 e. The first-order chi connectivity index (χ1) is 11.9. The molecule has 1 aromatic carbocycles. The van der Waals surface area contributed by atoms with Gasteiger partial charge in [0, 0.05) is 20.9 Å². The molecule has 0 aliphatic rings. The highest BCUT2D eigenvalue weighted by molar-refractivity contribution is 14.1. The van der Waals surface area contributed by atoms with Gasteiger partial charge < -0.3 is 19.5 Å². The summed E-state index contributed by atoms with van der Waals surface area (Å²) in [7, 11) is 4.73. The predicted molar refractivity (Wildman–Crippen MR) is 104 cm³/mol. The lowest BCUT2D eigenvalue weighted by Gasteiger charge is -2.14. The molecule has 0 fully saturated rings. The van der Waals surface area contributed by atoms with E-state index in [1.165, 1.54) is 7.11 Å². The number of nitrogens with one attached hydrogen (secondary N) is 1. The van der Waals surface area contributed by atoms with Crippen LogP contribution in [-0.4, -0.2) is 32.2 Å². The number of aryl methyl sites for hydroxylation is 1. The predicted octanol–water partition coefficient (Wildman–Crippen LogP) is 3.26. The van der Waals surface area contributed by atoms with Crippen molar-refractivity contribution in [3.8, 4) is 17.2 Å². The topological polar surface area (TPSA) is 69.7 Å². The van der Waals surface area contributed by atoms with Crippen molar-refractivity contribution in [2.75, 3.05) is 21.3 Å². The van der Waals surface area contributed by atoms with Gasteiger partial charge in [-0.25, -0.2) is 0 Å². The number of methoxy groups -OCH3 is 3. The quantitative estimate of drug-likeness (QED) is 0.676. The van der Waals surface area contributed by atoms with E-state index < -0.39 is 0 Å². The maximum atomic E-state index is 12.6. The second-order valence-electron chi connectivity index (χ2n) is 5.42. The van der Waals surface area contributed by atoms with Crippen LogP contribution in [0.4, 0.5) is 0 Å². The summed E-state index contributed by atoms with van der Waals surface area (Å²) in [6.45, 7) is 4.18. The van der Waals surface area contributed by atoms with Gasteiger partial charge in [0.15, 0.2) is 11.5 Å². The van der Waals surface area contributed by atoms with Crippen LogP contribution in [0.1, 0.15) is 27.2 Å². The van der Waals surface area contributed by atoms with E-state index in [0.29, 0.717) is 23.6 Å². The number of halogens is 1. The molecule has 134 valence electrons. The largest absolute Gasteiger partial charge is 0.496 e. The lowest BCUT2D eigenvalue weighted by Crippen LogP contribution is -2.25. The third-order valence-corrected chi connectivity index (χ3v) is 4.78. The Morgan fingerprint density at radius 2 is 1.76 bits per heavy atom. The summed E-state index contributed by atoms with van der Waals surface area (Å²) < 4.78 is 16.7. The average Bonchev–Trinajstić information content (AvgIpc) is 2.60. The molecule has 1 N–H and O–H groups in total. The third kappa shape index (κ3) is 4.15. The van der Waals surface area contributed by atoms with Crippen LogP contribution in [0.15, 0.2) is 18.3 Å². The van der Waals surface area contributed by atoms with Gasteiger partial charge in [0.05, 0.1) is 39.1 Å². The van der Waals surface area contributed by atoms with E-state index in [1.807, 2.05) is 13.8 Å². The monoisotopic (exact) mass is 456 g/mol. The minimum Gasteiger partial charge on any atom is -0.496 e. The lowest BCUT2D eigenvalue weighted by atomic mass is 10.1. The van der Waals surface area contributed by atoms with Crippen molar-refractivity contribution in [1.82, 2.24) is 10.3 Å². The van der Waals surface area contributed by atoms with E-state index in [9.17, 15) is 4.79 Å². The van der Waals surface area contributed by atoms with E-state index in [1.54, 1.807) is 32.5 Å². The molecular formula is C18H21IN2O4. The SMILES string of the molecule is COc1cc(I)c(C(=O)NCc2ncc(C)c(OC)c2C)cc1OC. The van der Waals surface area contributed by atoms with Crippen molar-refractivity contribution >= 4 is 28.5 Å². The Morgan fingerprint density at radius 1 is 1.12 bits per heavy atom. The summed E-state index contributed by atoms with van der Waals surface area (Å²) in [6, 6.07) is 3.44. The first kappa shape index (κ1) is 19.3. The fourth-order valence-corrected chi connectivity index (χ4v) is 3.22. The van der Waals surface area contributed by atoms with Gasteiger partial charge in [-0.15, -0.1) is 0 Å². The molecule has 1 amide bonds. The standard InChI is InChI=1S/C18H21IN2O4/c1-10-8-20-14(11(2)17(10)25-5)9-21-18(22)12-6-15(23-3)16(24-4)7-13(12)19/h6-8H,9H2,1-5H3,(H,21,22). The number of nitrogens with zero attached hydrogens (tertiary/aromatic N) is 1. The number of benzene rings is 1. The molecule has 0 saturated carbocycles. The van der Waals surface area contributed by atoms with Gasteiger partial charge in [-0.1, -0.05) is 0 Å². The van der Waals surface area contributed by atoms with Gasteiger partial charge in [0.2, 0.25) is 0 Å². The maximum absolute atomic E-state index is 12.6. The molecule has 0 bridgehead atoms. The summed E-state index contributed by atoms with van der Waals surface area (Å²) in [4.78, 5) is 17.0. The number of ether oxygens (including phenoxy) is 3. The first-order valence-corrected chi connectivity index (χ1v) is 8.69. The minimum atomic E-state index is -0.203. The van der Waals surface area contributed by atoms with Crippen molar-refractivity contribution in [3.63, 3.8) is 0 Å². The van der Waals surface area contributed by atoms with E-state index in [0.717, 1.165) is 26.1 Å². The highest BCUT2D eigenvalue weighted by Crippen LogP contribution is 2.31. The van der Waals surface area contributed by atoms with Gasteiger partial charge in [0.25, 0.3) is 5.91 Å². The van der Waals surface area contributed by atoms with Gasteiger partial charge in [-0.05, 0) is 48.6 Å². The van der Waals surface area contributed by atoms with E-state index in [4.69, 9.17) is 14.2 Å². The number of carbonyl (C=O) groups excluding carboxylic acids is 1. The molecule has 2 aromatic rings. The number of rotatable bonds is 6. The Labute approximate surface area is 161 Å². The molecular weight excluding hydrogens is 435 g/mol. The van der Waals surface area contributed by atoms with Crippen LogP contribution in [0.2, 0.25) is 0 Å². The number of aromatic nitrogens is 1. The van der Waals surface area contributed by atoms with E-state index >= 15 is 0 Å². The molecule has 0 unspecified atom stereocenters. The summed E-state index contributed by atoms with van der Waals surface area (Å²) in [5, 5.41) is 2.90. The summed E-state index contributed by atoms with van der Waals surface area (Å²) in [5.41, 5.74) is 3.18. The molecule has 0 radical (unpaired) electrons. The van der Waals surface area contributed by atoms with Gasteiger partial charge in [0.1, 0.15) is 5.75 Å². The van der Waals surface area contributed by atoms with Crippen LogP contribution in [-0.2, 0) is 6.54 Å². The molecule has 7 heteroatoms. The van der Waals surface area contributed by atoms with Gasteiger partial charge in [-0.3, -0.25) is 9.78 Å². The van der Waals surface area contributed by atoms with E-state index in [-0.39, 0.29) is 5.91 Å². The van der Waals surface area contributed by atoms with Crippen molar-refractivity contribution in [2.45, 2.75) is 20.4 Å². The Balaban J connectivity index is 2.21. The van der Waals surface area contributed by atoms with Crippen LogP contribution in [0, 0.1) is 17.4 Å². The summed E-state index contributed by atoms with van der Waals surface area (Å²) in [5.74, 6) is 1.69. The Bertz CT molecular complexity index is 793. The van der Waals surface area contributed by atoms with Crippen LogP contribution in [0.5, 0.6) is 17.2 Å². The molecule has 0 aliphatic carbocycles. The molecule has 1 heterocycles. The number of hydrogen-bond acceptors (Lipinski definition) is 5. The van der Waals surface area contributed by atoms with Gasteiger partial charge in [-0.2, -0.15) is 0 Å². The second-order valence-corrected chi connectivity index (χ2v) is 6.58. The molecule has 6 nitrogen and oxygen atoms in total. The molecule has 1 aromatic heterocycles. The zero-order valence-electron chi connectivity index (χ0n) is 14.9. The number of carbonyl (C=O) groups is 1. The fraction of sp³-hybridized carbons (Fsp3) is 0.333. The zero-order valence-corrected chi connectivity index (χ0v) is 17.1. The molecule has 2 rings (SSSR count). The third-order valence-electron chi connectivity index (χ3n) is 3.88. The Kier molecular flexibility index (Phi) is 6.46. The van der Waals surface area contributed by atoms with Crippen LogP contribution < -0.4 is 19.5 Å². The van der Waals surface area contributed by atoms with Crippen molar-refractivity contribution in [1.29, 1.82) is 0 Å². The summed E-state index contributed by atoms with van der Waals surface area (Å²) >= 11 is 2.10. The molecule has 0 saturated heterocycles. The molecule has 0 atom stereocenters. The van der Waals surface area contributed by atoms with Crippen LogP contribution in [0.3, 0.4) is 0 Å². The highest BCUT2D eigenvalue weighted by atomic mass is 127.